The van der Waals surface area contributed by atoms with E-state index in [1.54, 1.807) is 13.0 Å². The second-order valence-corrected chi connectivity index (χ2v) is 4.51. The summed E-state index contributed by atoms with van der Waals surface area (Å²) >= 11 is 0. The van der Waals surface area contributed by atoms with Crippen LogP contribution in [0.2, 0.25) is 0 Å². The van der Waals surface area contributed by atoms with E-state index in [-0.39, 0.29) is 5.91 Å². The minimum Gasteiger partial charge on any atom is -0.398 e. The predicted molar refractivity (Wildman–Crippen MR) is 74.6 cm³/mol. The Balaban J connectivity index is 2.85. The van der Waals surface area contributed by atoms with E-state index in [0.717, 1.165) is 12.0 Å². The molecule has 0 bridgehead atoms. The van der Waals surface area contributed by atoms with Crippen LogP contribution in [0.25, 0.3) is 0 Å². The average molecular weight is 250 g/mol. The molecule has 0 radical (unpaired) electrons. The van der Waals surface area contributed by atoms with Gasteiger partial charge >= 0.3 is 0 Å². The van der Waals surface area contributed by atoms with Gasteiger partial charge in [0.2, 0.25) is 0 Å². The van der Waals surface area contributed by atoms with E-state index in [4.69, 9.17) is 10.5 Å². The van der Waals surface area contributed by atoms with Crippen LogP contribution >= 0.6 is 0 Å². The standard InChI is InChI=1S/C14H22N2O2/c1-5-10-7-8-11(9-12(10)15)16-13(17)14(3,6-2)18-4/h7-9H,5-6,15H2,1-4H3,(H,16,17). The van der Waals surface area contributed by atoms with Crippen molar-refractivity contribution < 1.29 is 9.53 Å². The lowest BCUT2D eigenvalue weighted by Crippen LogP contribution is -2.41. The Morgan fingerprint density at radius 3 is 2.56 bits per heavy atom. The molecule has 1 aromatic carbocycles. The van der Waals surface area contributed by atoms with Crippen molar-refractivity contribution in [2.75, 3.05) is 18.2 Å². The fraction of sp³-hybridized carbons (Fsp3) is 0.500. The molecule has 1 unspecified atom stereocenters. The number of nitrogen functional groups attached to an aromatic ring is 1. The number of methoxy groups -OCH3 is 1. The Hall–Kier alpha value is -1.55. The highest BCUT2D eigenvalue weighted by Gasteiger charge is 2.30. The maximum atomic E-state index is 12.1. The third kappa shape index (κ3) is 3.01. The molecule has 1 atom stereocenters. The van der Waals surface area contributed by atoms with E-state index in [9.17, 15) is 4.79 Å². The first kappa shape index (κ1) is 14.5. The minimum atomic E-state index is -0.807. The zero-order valence-corrected chi connectivity index (χ0v) is 11.5. The minimum absolute atomic E-state index is 0.156. The second-order valence-electron chi connectivity index (χ2n) is 4.51. The number of carbonyl (C=O) groups excluding carboxylic acids is 1. The molecule has 1 aromatic rings. The summed E-state index contributed by atoms with van der Waals surface area (Å²) < 4.78 is 5.25. The molecule has 0 heterocycles. The lowest BCUT2D eigenvalue weighted by Gasteiger charge is -2.25. The van der Waals surface area contributed by atoms with Crippen molar-refractivity contribution in [3.63, 3.8) is 0 Å². The van der Waals surface area contributed by atoms with Gasteiger partial charge in [0.05, 0.1) is 0 Å². The molecule has 0 aliphatic rings. The summed E-state index contributed by atoms with van der Waals surface area (Å²) in [5.74, 6) is -0.156. The third-order valence-corrected chi connectivity index (χ3v) is 3.39. The molecule has 4 heteroatoms. The zero-order valence-electron chi connectivity index (χ0n) is 11.5. The van der Waals surface area contributed by atoms with E-state index < -0.39 is 5.60 Å². The quantitative estimate of drug-likeness (QED) is 0.789. The van der Waals surface area contributed by atoms with Crippen molar-refractivity contribution in [1.29, 1.82) is 0 Å². The van der Waals surface area contributed by atoms with E-state index in [1.165, 1.54) is 7.11 Å². The lowest BCUT2D eigenvalue weighted by atomic mass is 10.0. The molecule has 0 saturated heterocycles. The van der Waals surface area contributed by atoms with Gasteiger partial charge in [-0.2, -0.15) is 0 Å². The number of hydrogen-bond donors (Lipinski definition) is 2. The molecule has 3 N–H and O–H groups in total. The third-order valence-electron chi connectivity index (χ3n) is 3.39. The van der Waals surface area contributed by atoms with Gasteiger partial charge in [0.15, 0.2) is 0 Å². The summed E-state index contributed by atoms with van der Waals surface area (Å²) in [5, 5.41) is 2.83. The van der Waals surface area contributed by atoms with Crippen LogP contribution < -0.4 is 11.1 Å². The number of aryl methyl sites for hydroxylation is 1. The monoisotopic (exact) mass is 250 g/mol. The fourth-order valence-corrected chi connectivity index (χ4v) is 1.66. The smallest absolute Gasteiger partial charge is 0.256 e. The Bertz CT molecular complexity index is 426. The molecule has 0 aliphatic heterocycles. The Morgan fingerprint density at radius 2 is 2.11 bits per heavy atom. The maximum absolute atomic E-state index is 12.1. The van der Waals surface area contributed by atoms with E-state index in [0.29, 0.717) is 17.8 Å². The molecule has 0 saturated carbocycles. The molecule has 0 aliphatic carbocycles. The summed E-state index contributed by atoms with van der Waals surface area (Å²) in [6.07, 6.45) is 1.49. The van der Waals surface area contributed by atoms with Crippen molar-refractivity contribution in [2.24, 2.45) is 0 Å². The molecule has 4 nitrogen and oxygen atoms in total. The van der Waals surface area contributed by atoms with E-state index in [2.05, 4.69) is 5.32 Å². The van der Waals surface area contributed by atoms with E-state index in [1.807, 2.05) is 26.0 Å². The topological polar surface area (TPSA) is 64.3 Å². The van der Waals surface area contributed by atoms with Crippen molar-refractivity contribution in [2.45, 2.75) is 39.2 Å². The first-order chi connectivity index (χ1) is 8.46. The van der Waals surface area contributed by atoms with Crippen LogP contribution in [-0.4, -0.2) is 18.6 Å². The van der Waals surface area contributed by atoms with Gasteiger partial charge in [-0.3, -0.25) is 4.79 Å². The van der Waals surface area contributed by atoms with Crippen molar-refractivity contribution in [3.05, 3.63) is 23.8 Å². The molecule has 1 amide bonds. The first-order valence-corrected chi connectivity index (χ1v) is 6.21. The Labute approximate surface area is 109 Å². The number of nitrogens with one attached hydrogen (secondary N) is 1. The lowest BCUT2D eigenvalue weighted by molar-refractivity contribution is -0.136. The van der Waals surface area contributed by atoms with Gasteiger partial charge in [-0.15, -0.1) is 0 Å². The van der Waals surface area contributed by atoms with Gasteiger partial charge in [-0.1, -0.05) is 19.9 Å². The van der Waals surface area contributed by atoms with Gasteiger partial charge in [-0.05, 0) is 37.5 Å². The highest BCUT2D eigenvalue weighted by Crippen LogP contribution is 2.21. The SMILES string of the molecule is CCc1ccc(NC(=O)C(C)(CC)OC)cc1N. The van der Waals surface area contributed by atoms with Crippen molar-refractivity contribution in [3.8, 4) is 0 Å². The van der Waals surface area contributed by atoms with Crippen LogP contribution in [0.5, 0.6) is 0 Å². The number of benzene rings is 1. The molecule has 0 spiro atoms. The largest absolute Gasteiger partial charge is 0.398 e. The summed E-state index contributed by atoms with van der Waals surface area (Å²) in [7, 11) is 1.54. The van der Waals surface area contributed by atoms with Crippen molar-refractivity contribution in [1.82, 2.24) is 0 Å². The van der Waals surface area contributed by atoms with Gasteiger partial charge in [-0.25, -0.2) is 0 Å². The van der Waals surface area contributed by atoms with Crippen LogP contribution in [0, 0.1) is 0 Å². The van der Waals surface area contributed by atoms with Crippen molar-refractivity contribution >= 4 is 17.3 Å². The van der Waals surface area contributed by atoms with E-state index >= 15 is 0 Å². The fourth-order valence-electron chi connectivity index (χ4n) is 1.66. The van der Waals surface area contributed by atoms with Crippen LogP contribution in [0.3, 0.4) is 0 Å². The van der Waals surface area contributed by atoms with Gasteiger partial charge in [0.1, 0.15) is 5.60 Å². The number of rotatable bonds is 5. The van der Waals surface area contributed by atoms with Crippen LogP contribution in [0.15, 0.2) is 18.2 Å². The first-order valence-electron chi connectivity index (χ1n) is 6.21. The normalized spacial score (nSPS) is 14.0. The van der Waals surface area contributed by atoms with Gasteiger partial charge in [0.25, 0.3) is 5.91 Å². The molecule has 18 heavy (non-hydrogen) atoms. The molecular formula is C14H22N2O2. The molecule has 0 aromatic heterocycles. The van der Waals surface area contributed by atoms with Crippen LogP contribution in [-0.2, 0) is 16.0 Å². The number of anilines is 2. The van der Waals surface area contributed by atoms with Crippen LogP contribution in [0.1, 0.15) is 32.8 Å². The number of nitrogens with two attached hydrogens (primary N) is 1. The zero-order chi connectivity index (χ0) is 13.8. The molecular weight excluding hydrogens is 228 g/mol. The number of amides is 1. The number of ether oxygens (including phenoxy) is 1. The average Bonchev–Trinajstić information content (AvgIpc) is 2.38. The van der Waals surface area contributed by atoms with Gasteiger partial charge in [0, 0.05) is 18.5 Å². The number of hydrogen-bond acceptors (Lipinski definition) is 3. The maximum Gasteiger partial charge on any atom is 0.256 e. The Morgan fingerprint density at radius 1 is 1.44 bits per heavy atom. The van der Waals surface area contributed by atoms with Gasteiger partial charge < -0.3 is 15.8 Å². The number of carbonyl (C=O) groups is 1. The highest BCUT2D eigenvalue weighted by atomic mass is 16.5. The summed E-state index contributed by atoms with van der Waals surface area (Å²) in [5.41, 5.74) is 7.57. The summed E-state index contributed by atoms with van der Waals surface area (Å²) in [6.45, 7) is 5.73. The second kappa shape index (κ2) is 5.87. The highest BCUT2D eigenvalue weighted by molar-refractivity contribution is 5.97. The van der Waals surface area contributed by atoms with Crippen LogP contribution in [0.4, 0.5) is 11.4 Å². The molecule has 1 rings (SSSR count). The Kier molecular flexibility index (Phi) is 4.73. The molecule has 100 valence electrons. The summed E-state index contributed by atoms with van der Waals surface area (Å²) in [6, 6.07) is 5.57. The molecule has 0 fully saturated rings. The summed E-state index contributed by atoms with van der Waals surface area (Å²) in [4.78, 5) is 12.1. The predicted octanol–water partition coefficient (Wildman–Crippen LogP) is 2.58.